The van der Waals surface area contributed by atoms with Crippen LogP contribution in [0.5, 0.6) is 0 Å². The Balaban J connectivity index is 1.94. The molecule has 3 rings (SSSR count). The summed E-state index contributed by atoms with van der Waals surface area (Å²) in [5, 5.41) is 15.2. The number of rotatable bonds is 4. The Morgan fingerprint density at radius 2 is 2.13 bits per heavy atom. The number of nitrogens with one attached hydrogen (secondary N) is 1. The van der Waals surface area contributed by atoms with Gasteiger partial charge in [0.05, 0.1) is 11.0 Å². The molecule has 0 unspecified atom stereocenters. The maximum absolute atomic E-state index is 11.3. The fourth-order valence-electron chi connectivity index (χ4n) is 2.91. The second-order valence-corrected chi connectivity index (χ2v) is 5.80. The summed E-state index contributed by atoms with van der Waals surface area (Å²) in [6.45, 7) is 0. The van der Waals surface area contributed by atoms with Gasteiger partial charge in [-0.2, -0.15) is 0 Å². The first kappa shape index (κ1) is 15.3. The summed E-state index contributed by atoms with van der Waals surface area (Å²) < 4.78 is 0. The van der Waals surface area contributed by atoms with Crippen LogP contribution in [0.4, 0.5) is 11.4 Å². The molecule has 0 radical (unpaired) electrons. The summed E-state index contributed by atoms with van der Waals surface area (Å²) in [5.41, 5.74) is 7.60. The summed E-state index contributed by atoms with van der Waals surface area (Å²) in [6.07, 6.45) is 1.62. The quantitative estimate of drug-likeness (QED) is 0.662. The Bertz CT molecular complexity index is 807. The van der Waals surface area contributed by atoms with Crippen LogP contribution < -0.4 is 11.1 Å². The standard InChI is InChI=1S/C16H14ClN3O3/c17-12-3-1-2-11-10(12)5-7-13(11)19-14-6-4-9(16(18)21)8-15(14)20(22)23/h1-4,6,8,13,19H,5,7H2,(H2,18,21)/t13-/m1/s1. The van der Waals surface area contributed by atoms with Gasteiger partial charge in [0.25, 0.3) is 5.69 Å². The van der Waals surface area contributed by atoms with Crippen molar-refractivity contribution in [2.75, 3.05) is 5.32 Å². The topological polar surface area (TPSA) is 98.3 Å². The highest BCUT2D eigenvalue weighted by Gasteiger charge is 2.26. The van der Waals surface area contributed by atoms with Crippen molar-refractivity contribution in [3.63, 3.8) is 0 Å². The van der Waals surface area contributed by atoms with Crippen molar-refractivity contribution in [2.24, 2.45) is 5.73 Å². The van der Waals surface area contributed by atoms with Gasteiger partial charge in [-0.1, -0.05) is 23.7 Å². The van der Waals surface area contributed by atoms with E-state index in [9.17, 15) is 14.9 Å². The molecule has 0 aromatic heterocycles. The lowest BCUT2D eigenvalue weighted by atomic mass is 10.1. The van der Waals surface area contributed by atoms with Gasteiger partial charge in [0.15, 0.2) is 0 Å². The zero-order chi connectivity index (χ0) is 16.6. The fraction of sp³-hybridized carbons (Fsp3) is 0.188. The summed E-state index contributed by atoms with van der Waals surface area (Å²) in [7, 11) is 0. The van der Waals surface area contributed by atoms with Crippen LogP contribution >= 0.6 is 11.6 Å². The number of hydrogen-bond acceptors (Lipinski definition) is 4. The summed E-state index contributed by atoms with van der Waals surface area (Å²) in [4.78, 5) is 21.9. The molecule has 0 fully saturated rings. The number of nitro benzene ring substituents is 1. The van der Waals surface area contributed by atoms with Crippen LogP contribution in [0.25, 0.3) is 0 Å². The number of halogens is 1. The van der Waals surface area contributed by atoms with E-state index in [0.717, 1.165) is 24.0 Å². The molecule has 1 aliphatic rings. The predicted octanol–water partition coefficient (Wildman–Crippen LogP) is 3.45. The van der Waals surface area contributed by atoms with E-state index in [2.05, 4.69) is 5.32 Å². The number of fused-ring (bicyclic) bond motifs is 1. The number of primary amides is 1. The highest BCUT2D eigenvalue weighted by molar-refractivity contribution is 6.31. The highest BCUT2D eigenvalue weighted by Crippen LogP contribution is 2.39. The van der Waals surface area contributed by atoms with Gasteiger partial charge in [-0.3, -0.25) is 14.9 Å². The van der Waals surface area contributed by atoms with Crippen LogP contribution in [0.1, 0.15) is 33.9 Å². The Hall–Kier alpha value is -2.60. The van der Waals surface area contributed by atoms with Gasteiger partial charge in [0.2, 0.25) is 5.91 Å². The monoisotopic (exact) mass is 331 g/mol. The predicted molar refractivity (Wildman–Crippen MR) is 87.8 cm³/mol. The maximum Gasteiger partial charge on any atom is 0.293 e. The number of nitrogens with zero attached hydrogens (tertiary/aromatic N) is 1. The third-order valence-electron chi connectivity index (χ3n) is 4.02. The van der Waals surface area contributed by atoms with E-state index >= 15 is 0 Å². The maximum atomic E-state index is 11.3. The third-order valence-corrected chi connectivity index (χ3v) is 4.38. The molecule has 1 amide bonds. The van der Waals surface area contributed by atoms with Crippen molar-refractivity contribution in [1.82, 2.24) is 0 Å². The number of carbonyl (C=O) groups is 1. The largest absolute Gasteiger partial charge is 0.373 e. The Labute approximate surface area is 137 Å². The number of nitro groups is 1. The van der Waals surface area contributed by atoms with Gasteiger partial charge in [-0.25, -0.2) is 0 Å². The molecule has 23 heavy (non-hydrogen) atoms. The highest BCUT2D eigenvalue weighted by atomic mass is 35.5. The molecule has 0 heterocycles. The number of hydrogen-bond donors (Lipinski definition) is 2. The zero-order valence-corrected chi connectivity index (χ0v) is 12.8. The smallest absolute Gasteiger partial charge is 0.293 e. The lowest BCUT2D eigenvalue weighted by Gasteiger charge is -2.16. The first-order valence-electron chi connectivity index (χ1n) is 7.09. The van der Waals surface area contributed by atoms with Gasteiger partial charge in [0.1, 0.15) is 5.69 Å². The molecule has 118 valence electrons. The molecule has 0 saturated heterocycles. The van der Waals surface area contributed by atoms with Crippen LogP contribution in [0.2, 0.25) is 5.02 Å². The van der Waals surface area contributed by atoms with E-state index in [1.165, 1.54) is 18.2 Å². The second-order valence-electron chi connectivity index (χ2n) is 5.40. The van der Waals surface area contributed by atoms with E-state index in [1.807, 2.05) is 18.2 Å². The van der Waals surface area contributed by atoms with Gasteiger partial charge in [0, 0.05) is 16.7 Å². The van der Waals surface area contributed by atoms with Gasteiger partial charge in [-0.15, -0.1) is 0 Å². The Kier molecular flexibility index (Phi) is 3.92. The Morgan fingerprint density at radius 1 is 1.35 bits per heavy atom. The van der Waals surface area contributed by atoms with Gasteiger partial charge >= 0.3 is 0 Å². The first-order chi connectivity index (χ1) is 11.0. The normalized spacial score (nSPS) is 16.0. The average molecular weight is 332 g/mol. The lowest BCUT2D eigenvalue weighted by Crippen LogP contribution is -2.13. The molecule has 1 atom stereocenters. The molecule has 6 nitrogen and oxygen atoms in total. The number of nitrogens with two attached hydrogens (primary N) is 1. The summed E-state index contributed by atoms with van der Waals surface area (Å²) >= 11 is 6.19. The molecule has 7 heteroatoms. The van der Waals surface area contributed by atoms with Crippen molar-refractivity contribution < 1.29 is 9.72 Å². The van der Waals surface area contributed by atoms with Crippen LogP contribution in [-0.2, 0) is 6.42 Å². The summed E-state index contributed by atoms with van der Waals surface area (Å²) in [6, 6.07) is 9.81. The minimum Gasteiger partial charge on any atom is -0.373 e. The molecule has 0 aliphatic heterocycles. The van der Waals surface area contributed by atoms with Crippen LogP contribution in [0.15, 0.2) is 36.4 Å². The summed E-state index contributed by atoms with van der Waals surface area (Å²) in [5.74, 6) is -0.697. The third kappa shape index (κ3) is 2.85. The number of anilines is 1. The van der Waals surface area contributed by atoms with Crippen molar-refractivity contribution in [2.45, 2.75) is 18.9 Å². The minimum atomic E-state index is -0.697. The molecule has 2 aromatic carbocycles. The number of benzene rings is 2. The molecule has 2 aromatic rings. The van der Waals surface area contributed by atoms with E-state index in [1.54, 1.807) is 0 Å². The molecular formula is C16H14ClN3O3. The molecule has 1 aliphatic carbocycles. The van der Waals surface area contributed by atoms with E-state index in [0.29, 0.717) is 10.7 Å². The van der Waals surface area contributed by atoms with E-state index < -0.39 is 10.8 Å². The zero-order valence-electron chi connectivity index (χ0n) is 12.1. The Morgan fingerprint density at radius 3 is 2.83 bits per heavy atom. The lowest BCUT2D eigenvalue weighted by molar-refractivity contribution is -0.384. The molecule has 0 saturated carbocycles. The van der Waals surface area contributed by atoms with Crippen molar-refractivity contribution >= 4 is 28.9 Å². The number of carbonyl (C=O) groups excluding carboxylic acids is 1. The van der Waals surface area contributed by atoms with Gasteiger partial charge < -0.3 is 11.1 Å². The van der Waals surface area contributed by atoms with Gasteiger partial charge in [-0.05, 0) is 42.2 Å². The van der Waals surface area contributed by atoms with Crippen molar-refractivity contribution in [3.05, 3.63) is 68.2 Å². The van der Waals surface area contributed by atoms with Crippen LogP contribution in [-0.4, -0.2) is 10.8 Å². The van der Waals surface area contributed by atoms with E-state index in [4.69, 9.17) is 17.3 Å². The van der Waals surface area contributed by atoms with E-state index in [-0.39, 0.29) is 17.3 Å². The second kappa shape index (κ2) is 5.89. The van der Waals surface area contributed by atoms with Crippen LogP contribution in [0.3, 0.4) is 0 Å². The fourth-order valence-corrected chi connectivity index (χ4v) is 3.18. The average Bonchev–Trinajstić information content (AvgIpc) is 2.92. The molecule has 0 spiro atoms. The minimum absolute atomic E-state index is 0.0539. The van der Waals surface area contributed by atoms with Crippen molar-refractivity contribution in [3.8, 4) is 0 Å². The molecule has 0 bridgehead atoms. The number of amides is 1. The molecular weight excluding hydrogens is 318 g/mol. The van der Waals surface area contributed by atoms with Crippen LogP contribution in [0, 0.1) is 10.1 Å². The SMILES string of the molecule is NC(=O)c1ccc(N[C@@H]2CCc3c(Cl)cccc32)c([N+](=O)[O-])c1. The first-order valence-corrected chi connectivity index (χ1v) is 7.47. The van der Waals surface area contributed by atoms with Crippen molar-refractivity contribution in [1.29, 1.82) is 0 Å². The molecule has 3 N–H and O–H groups in total.